The summed E-state index contributed by atoms with van der Waals surface area (Å²) in [5.74, 6) is 0.481. The number of likely N-dealkylation sites (tertiary alicyclic amines) is 1. The molecule has 3 heterocycles. The summed E-state index contributed by atoms with van der Waals surface area (Å²) in [5, 5.41) is 5.83. The van der Waals surface area contributed by atoms with E-state index in [1.165, 1.54) is 4.90 Å². The molecule has 1 aromatic rings. The van der Waals surface area contributed by atoms with Crippen molar-refractivity contribution >= 4 is 23.8 Å². The molecule has 3 aliphatic rings. The van der Waals surface area contributed by atoms with Gasteiger partial charge in [-0.1, -0.05) is 19.3 Å². The molecule has 0 unspecified atom stereocenters. The summed E-state index contributed by atoms with van der Waals surface area (Å²) in [6.45, 7) is 2.96. The van der Waals surface area contributed by atoms with Gasteiger partial charge in [0.25, 0.3) is 11.8 Å². The number of nitrogens with one attached hydrogen (secondary N) is 2. The topological polar surface area (TPSA) is 112 Å². The van der Waals surface area contributed by atoms with Crippen molar-refractivity contribution in [3.8, 4) is 0 Å². The Morgan fingerprint density at radius 2 is 1.87 bits per heavy atom. The Morgan fingerprint density at radius 1 is 1.16 bits per heavy atom. The lowest BCUT2D eigenvalue weighted by atomic mass is 9.82. The van der Waals surface area contributed by atoms with Crippen molar-refractivity contribution in [3.05, 3.63) is 23.7 Å². The van der Waals surface area contributed by atoms with Crippen LogP contribution in [0.5, 0.6) is 0 Å². The van der Waals surface area contributed by atoms with Crippen molar-refractivity contribution in [2.45, 2.75) is 69.9 Å². The fourth-order valence-electron chi connectivity index (χ4n) is 4.83. The zero-order valence-corrected chi connectivity index (χ0v) is 17.9. The van der Waals surface area contributed by atoms with Gasteiger partial charge in [-0.2, -0.15) is 0 Å². The molecular weight excluding hydrogens is 400 g/mol. The maximum Gasteiger partial charge on any atom is 0.325 e. The van der Waals surface area contributed by atoms with E-state index < -0.39 is 5.54 Å². The van der Waals surface area contributed by atoms with Crippen LogP contribution < -0.4 is 10.6 Å². The zero-order chi connectivity index (χ0) is 22.0. The highest BCUT2D eigenvalue weighted by molar-refractivity contribution is 6.07. The minimum atomic E-state index is -0.749. The van der Waals surface area contributed by atoms with E-state index in [-0.39, 0.29) is 42.8 Å². The molecule has 3 fully saturated rings. The van der Waals surface area contributed by atoms with Gasteiger partial charge in [-0.25, -0.2) is 4.79 Å². The lowest BCUT2D eigenvalue weighted by Crippen LogP contribution is -2.48. The predicted molar refractivity (Wildman–Crippen MR) is 111 cm³/mol. The Balaban J connectivity index is 1.23. The number of furan rings is 1. The van der Waals surface area contributed by atoms with Gasteiger partial charge >= 0.3 is 6.03 Å². The van der Waals surface area contributed by atoms with Crippen LogP contribution in [-0.2, 0) is 9.59 Å². The first kappa shape index (κ1) is 21.4. The summed E-state index contributed by atoms with van der Waals surface area (Å²) in [5.41, 5.74) is -0.749. The zero-order valence-electron chi connectivity index (χ0n) is 17.9. The second-order valence-corrected chi connectivity index (χ2v) is 8.82. The maximum atomic E-state index is 12.8. The second-order valence-electron chi connectivity index (χ2n) is 8.82. The van der Waals surface area contributed by atoms with Crippen LogP contribution in [0.2, 0.25) is 0 Å². The maximum absolute atomic E-state index is 12.8. The second kappa shape index (κ2) is 8.72. The number of nitrogens with zero attached hydrogens (tertiary/aromatic N) is 2. The van der Waals surface area contributed by atoms with Gasteiger partial charge in [0.05, 0.1) is 0 Å². The van der Waals surface area contributed by atoms with Gasteiger partial charge in [0.2, 0.25) is 5.91 Å². The molecule has 1 saturated carbocycles. The summed E-state index contributed by atoms with van der Waals surface area (Å²) in [6.07, 6.45) is 5.75. The average molecular weight is 431 g/mol. The summed E-state index contributed by atoms with van der Waals surface area (Å²) in [4.78, 5) is 53.0. The molecule has 1 spiro atoms. The number of hydrogen-bond acceptors (Lipinski definition) is 5. The predicted octanol–water partition coefficient (Wildman–Crippen LogP) is 1.95. The number of carbonyl (C=O) groups excluding carboxylic acids is 4. The molecule has 1 aromatic heterocycles. The van der Waals surface area contributed by atoms with Gasteiger partial charge in [-0.15, -0.1) is 0 Å². The van der Waals surface area contributed by atoms with Crippen LogP contribution in [0.4, 0.5) is 4.79 Å². The number of amides is 5. The molecule has 5 amide bonds. The van der Waals surface area contributed by atoms with Crippen molar-refractivity contribution in [1.82, 2.24) is 20.4 Å². The van der Waals surface area contributed by atoms with Crippen molar-refractivity contribution in [2.24, 2.45) is 0 Å². The van der Waals surface area contributed by atoms with Crippen molar-refractivity contribution < 1.29 is 23.6 Å². The highest BCUT2D eigenvalue weighted by Gasteiger charge is 2.51. The first-order chi connectivity index (χ1) is 14.9. The SMILES string of the molecule is Cc1ccc(C(=O)NC2CCN(C(=O)CCN3C(=O)NC4(CCCCC4)C3=O)CC2)o1. The third-order valence-electron chi connectivity index (χ3n) is 6.65. The first-order valence-electron chi connectivity index (χ1n) is 11.2. The lowest BCUT2D eigenvalue weighted by molar-refractivity contribution is -0.134. The Hall–Kier alpha value is -2.84. The van der Waals surface area contributed by atoms with Crippen LogP contribution in [0.25, 0.3) is 0 Å². The van der Waals surface area contributed by atoms with Crippen LogP contribution in [-0.4, -0.2) is 64.8 Å². The van der Waals surface area contributed by atoms with E-state index in [1.54, 1.807) is 24.0 Å². The third-order valence-corrected chi connectivity index (χ3v) is 6.65. The molecule has 0 aromatic carbocycles. The standard InChI is InChI=1S/C22H30N4O5/c1-15-5-6-17(31-15)19(28)23-16-7-12-25(13-8-16)18(27)9-14-26-20(29)22(24-21(26)30)10-3-2-4-11-22/h5-6,16H,2-4,7-14H2,1H3,(H,23,28)(H,24,30). The molecule has 2 N–H and O–H groups in total. The van der Waals surface area contributed by atoms with E-state index in [9.17, 15) is 19.2 Å². The smallest absolute Gasteiger partial charge is 0.325 e. The van der Waals surface area contributed by atoms with Gasteiger partial charge in [0.1, 0.15) is 11.3 Å². The number of urea groups is 1. The van der Waals surface area contributed by atoms with E-state index >= 15 is 0 Å². The Morgan fingerprint density at radius 3 is 2.52 bits per heavy atom. The number of imide groups is 1. The quantitative estimate of drug-likeness (QED) is 0.694. The molecular formula is C22H30N4O5. The normalized spacial score (nSPS) is 21.5. The minimum absolute atomic E-state index is 0.0148. The number of aryl methyl sites for hydroxylation is 1. The largest absolute Gasteiger partial charge is 0.456 e. The Labute approximate surface area is 181 Å². The van der Waals surface area contributed by atoms with Gasteiger partial charge < -0.3 is 20.0 Å². The molecule has 9 heteroatoms. The van der Waals surface area contributed by atoms with Gasteiger partial charge in [0, 0.05) is 32.1 Å². The first-order valence-corrected chi connectivity index (χ1v) is 11.2. The number of piperidine rings is 1. The molecule has 0 atom stereocenters. The molecule has 2 aliphatic heterocycles. The molecule has 4 rings (SSSR count). The van der Waals surface area contributed by atoms with E-state index in [4.69, 9.17) is 4.42 Å². The van der Waals surface area contributed by atoms with Crippen LogP contribution >= 0.6 is 0 Å². The molecule has 9 nitrogen and oxygen atoms in total. The van der Waals surface area contributed by atoms with Crippen molar-refractivity contribution in [1.29, 1.82) is 0 Å². The van der Waals surface area contributed by atoms with Crippen LogP contribution in [0.1, 0.15) is 67.7 Å². The number of rotatable bonds is 5. The number of hydrogen-bond donors (Lipinski definition) is 2. The van der Waals surface area contributed by atoms with Gasteiger partial charge in [-0.05, 0) is 44.7 Å². The highest BCUT2D eigenvalue weighted by atomic mass is 16.3. The molecule has 2 saturated heterocycles. The van der Waals surface area contributed by atoms with Crippen LogP contribution in [0.15, 0.2) is 16.5 Å². The fraction of sp³-hybridized carbons (Fsp3) is 0.636. The van der Waals surface area contributed by atoms with E-state index in [1.807, 2.05) is 0 Å². The van der Waals surface area contributed by atoms with Gasteiger partial charge in [0.15, 0.2) is 5.76 Å². The summed E-state index contributed by atoms with van der Waals surface area (Å²) >= 11 is 0. The van der Waals surface area contributed by atoms with Crippen LogP contribution in [0, 0.1) is 6.92 Å². The Kier molecular flexibility index (Phi) is 6.02. The molecule has 0 bridgehead atoms. The summed E-state index contributed by atoms with van der Waals surface area (Å²) in [6, 6.07) is 3.00. The summed E-state index contributed by atoms with van der Waals surface area (Å²) < 4.78 is 5.34. The highest BCUT2D eigenvalue weighted by Crippen LogP contribution is 2.33. The van der Waals surface area contributed by atoms with E-state index in [0.717, 1.165) is 19.3 Å². The van der Waals surface area contributed by atoms with Crippen molar-refractivity contribution in [2.75, 3.05) is 19.6 Å². The number of carbonyl (C=O) groups is 4. The molecule has 1 aliphatic carbocycles. The fourth-order valence-corrected chi connectivity index (χ4v) is 4.83. The average Bonchev–Trinajstić information content (AvgIpc) is 3.29. The van der Waals surface area contributed by atoms with Crippen molar-refractivity contribution in [3.63, 3.8) is 0 Å². The molecule has 31 heavy (non-hydrogen) atoms. The third kappa shape index (κ3) is 4.45. The van der Waals surface area contributed by atoms with E-state index in [0.29, 0.717) is 50.3 Å². The summed E-state index contributed by atoms with van der Waals surface area (Å²) in [7, 11) is 0. The Bertz CT molecular complexity index is 865. The monoisotopic (exact) mass is 430 g/mol. The molecule has 0 radical (unpaired) electrons. The molecule has 168 valence electrons. The van der Waals surface area contributed by atoms with Crippen LogP contribution in [0.3, 0.4) is 0 Å². The van der Waals surface area contributed by atoms with Gasteiger partial charge in [-0.3, -0.25) is 19.3 Å². The minimum Gasteiger partial charge on any atom is -0.456 e. The van der Waals surface area contributed by atoms with E-state index in [2.05, 4.69) is 10.6 Å². The lowest BCUT2D eigenvalue weighted by Gasteiger charge is -2.32.